The number of carbonyl (C=O) groups is 1. The summed E-state index contributed by atoms with van der Waals surface area (Å²) in [5.41, 5.74) is 4.93. The summed E-state index contributed by atoms with van der Waals surface area (Å²) >= 11 is 0. The number of rotatable bonds is 4. The Labute approximate surface area is 58.1 Å². The second kappa shape index (κ2) is 4.35. The summed E-state index contributed by atoms with van der Waals surface area (Å²) in [4.78, 5) is 9.80. The lowest BCUT2D eigenvalue weighted by Gasteiger charge is -2.16. The molecule has 5 heteroatoms. The molecule has 10 heavy (non-hydrogen) atoms. The van der Waals surface area contributed by atoms with E-state index in [0.717, 1.165) is 0 Å². The minimum atomic E-state index is -1.56. The summed E-state index contributed by atoms with van der Waals surface area (Å²) < 4.78 is 0. The zero-order chi connectivity index (χ0) is 8.15. The topological polar surface area (TPSA) is 104 Å². The van der Waals surface area contributed by atoms with Crippen molar-refractivity contribution in [3.05, 3.63) is 0 Å². The number of carbonyl (C=O) groups excluding carboxylic acids is 1. The maximum Gasteiger partial charge on any atom is 0.151 e. The third-order valence-corrected chi connectivity index (χ3v) is 1.13. The molecule has 0 aromatic rings. The highest BCUT2D eigenvalue weighted by Gasteiger charge is 2.22. The van der Waals surface area contributed by atoms with Crippen LogP contribution >= 0.6 is 0 Å². The Morgan fingerprint density at radius 2 is 1.90 bits per heavy atom. The quantitative estimate of drug-likeness (QED) is 0.324. The van der Waals surface area contributed by atoms with E-state index in [-0.39, 0.29) is 12.8 Å². The lowest BCUT2D eigenvalue weighted by molar-refractivity contribution is -0.125. The van der Waals surface area contributed by atoms with Crippen LogP contribution in [-0.4, -0.2) is 46.5 Å². The van der Waals surface area contributed by atoms with Gasteiger partial charge >= 0.3 is 0 Å². The van der Waals surface area contributed by atoms with E-state index in [1.807, 2.05) is 0 Å². The Kier molecular flexibility index (Phi) is 4.13. The zero-order valence-electron chi connectivity index (χ0n) is 5.34. The van der Waals surface area contributed by atoms with Crippen molar-refractivity contribution >= 4 is 6.29 Å². The van der Waals surface area contributed by atoms with Crippen molar-refractivity contribution in [1.82, 2.24) is 0 Å². The normalized spacial score (nSPS) is 19.6. The van der Waals surface area contributed by atoms with Crippen molar-refractivity contribution in [2.24, 2.45) is 5.73 Å². The van der Waals surface area contributed by atoms with E-state index in [1.54, 1.807) is 0 Å². The molecule has 0 fully saturated rings. The van der Waals surface area contributed by atoms with E-state index in [0.29, 0.717) is 0 Å². The Hall–Kier alpha value is -0.490. The van der Waals surface area contributed by atoms with Crippen molar-refractivity contribution in [3.63, 3.8) is 0 Å². The summed E-state index contributed by atoms with van der Waals surface area (Å²) in [6, 6.07) is 0. The summed E-state index contributed by atoms with van der Waals surface area (Å²) in [5.74, 6) is 0. The number of aliphatic hydroxyl groups is 3. The highest BCUT2D eigenvalue weighted by Crippen LogP contribution is 1.95. The summed E-state index contributed by atoms with van der Waals surface area (Å²) in [5, 5.41) is 26.1. The van der Waals surface area contributed by atoms with Crippen LogP contribution in [0.25, 0.3) is 0 Å². The molecule has 0 bridgehead atoms. The number of hydrogen-bond donors (Lipinski definition) is 4. The SMILES string of the molecule is NCC(O)C(O)C(O)C=O. The first-order chi connectivity index (χ1) is 4.63. The van der Waals surface area contributed by atoms with E-state index < -0.39 is 18.3 Å². The van der Waals surface area contributed by atoms with Gasteiger partial charge in [-0.1, -0.05) is 0 Å². The number of aliphatic hydroxyl groups excluding tert-OH is 3. The molecule has 0 aromatic carbocycles. The number of hydrogen-bond acceptors (Lipinski definition) is 5. The molecule has 0 aliphatic heterocycles. The molecular weight excluding hydrogens is 138 g/mol. The van der Waals surface area contributed by atoms with E-state index in [4.69, 9.17) is 21.1 Å². The molecule has 0 radical (unpaired) electrons. The van der Waals surface area contributed by atoms with Crippen LogP contribution in [0, 0.1) is 0 Å². The average molecular weight is 149 g/mol. The van der Waals surface area contributed by atoms with Crippen molar-refractivity contribution in [2.75, 3.05) is 6.54 Å². The molecular formula is C5H11NO4. The maximum absolute atomic E-state index is 9.80. The molecule has 3 atom stereocenters. The van der Waals surface area contributed by atoms with Gasteiger partial charge in [-0.15, -0.1) is 0 Å². The third-order valence-electron chi connectivity index (χ3n) is 1.13. The smallest absolute Gasteiger partial charge is 0.151 e. The summed E-state index contributed by atoms with van der Waals surface area (Å²) in [6.45, 7) is -0.188. The molecule has 3 unspecified atom stereocenters. The van der Waals surface area contributed by atoms with E-state index in [1.165, 1.54) is 0 Å². The molecule has 0 aromatic heterocycles. The zero-order valence-corrected chi connectivity index (χ0v) is 5.34. The highest BCUT2D eigenvalue weighted by molar-refractivity contribution is 5.56. The van der Waals surface area contributed by atoms with Gasteiger partial charge in [0.2, 0.25) is 0 Å². The molecule has 0 heterocycles. The monoisotopic (exact) mass is 149 g/mol. The van der Waals surface area contributed by atoms with Crippen LogP contribution in [0.1, 0.15) is 0 Å². The summed E-state index contributed by atoms with van der Waals surface area (Å²) in [6.07, 6.45) is -4.15. The van der Waals surface area contributed by atoms with Gasteiger partial charge in [0, 0.05) is 6.54 Å². The lowest BCUT2D eigenvalue weighted by Crippen LogP contribution is -2.42. The van der Waals surface area contributed by atoms with Crippen LogP contribution in [0.4, 0.5) is 0 Å². The molecule has 0 saturated carbocycles. The van der Waals surface area contributed by atoms with Crippen molar-refractivity contribution in [3.8, 4) is 0 Å². The van der Waals surface area contributed by atoms with Crippen molar-refractivity contribution < 1.29 is 20.1 Å². The molecule has 60 valence electrons. The minimum absolute atomic E-state index is 0.142. The lowest BCUT2D eigenvalue weighted by atomic mass is 10.1. The van der Waals surface area contributed by atoms with Crippen LogP contribution in [0.15, 0.2) is 0 Å². The molecule has 0 spiro atoms. The average Bonchev–Trinajstić information content (AvgIpc) is 2.00. The molecule has 5 N–H and O–H groups in total. The third kappa shape index (κ3) is 2.40. The van der Waals surface area contributed by atoms with Crippen molar-refractivity contribution in [2.45, 2.75) is 18.3 Å². The minimum Gasteiger partial charge on any atom is -0.389 e. The second-order valence-corrected chi connectivity index (χ2v) is 1.92. The van der Waals surface area contributed by atoms with E-state index >= 15 is 0 Å². The van der Waals surface area contributed by atoms with Crippen LogP contribution in [-0.2, 0) is 4.79 Å². The first-order valence-corrected chi connectivity index (χ1v) is 2.83. The van der Waals surface area contributed by atoms with Gasteiger partial charge in [-0.05, 0) is 0 Å². The van der Waals surface area contributed by atoms with Gasteiger partial charge in [0.05, 0.1) is 6.10 Å². The van der Waals surface area contributed by atoms with Crippen LogP contribution in [0.5, 0.6) is 0 Å². The fraction of sp³-hybridized carbons (Fsp3) is 0.800. The largest absolute Gasteiger partial charge is 0.389 e. The Balaban J connectivity index is 3.80. The molecule has 5 nitrogen and oxygen atoms in total. The maximum atomic E-state index is 9.80. The first kappa shape index (κ1) is 9.51. The van der Waals surface area contributed by atoms with E-state index in [2.05, 4.69) is 0 Å². The Morgan fingerprint density at radius 1 is 1.40 bits per heavy atom. The van der Waals surface area contributed by atoms with Gasteiger partial charge in [-0.25, -0.2) is 0 Å². The van der Waals surface area contributed by atoms with Crippen LogP contribution in [0.2, 0.25) is 0 Å². The predicted octanol–water partition coefficient (Wildman–Crippen LogP) is -2.77. The second-order valence-electron chi connectivity index (χ2n) is 1.92. The van der Waals surface area contributed by atoms with Gasteiger partial charge in [0.1, 0.15) is 12.2 Å². The Morgan fingerprint density at radius 3 is 2.20 bits per heavy atom. The Bertz CT molecular complexity index is 108. The van der Waals surface area contributed by atoms with E-state index in [9.17, 15) is 4.79 Å². The predicted molar refractivity (Wildman–Crippen MR) is 33.1 cm³/mol. The number of nitrogens with two attached hydrogens (primary N) is 1. The van der Waals surface area contributed by atoms with Gasteiger partial charge < -0.3 is 25.8 Å². The fourth-order valence-electron chi connectivity index (χ4n) is 0.448. The van der Waals surface area contributed by atoms with Gasteiger partial charge in [0.25, 0.3) is 0 Å². The fourth-order valence-corrected chi connectivity index (χ4v) is 0.448. The van der Waals surface area contributed by atoms with Crippen molar-refractivity contribution in [1.29, 1.82) is 0 Å². The molecule has 0 saturated heterocycles. The van der Waals surface area contributed by atoms with Gasteiger partial charge in [-0.3, -0.25) is 0 Å². The molecule has 0 aliphatic rings. The highest BCUT2D eigenvalue weighted by atomic mass is 16.4. The van der Waals surface area contributed by atoms with Gasteiger partial charge in [0.15, 0.2) is 6.29 Å². The summed E-state index contributed by atoms with van der Waals surface area (Å²) in [7, 11) is 0. The number of aldehydes is 1. The standard InChI is InChI=1S/C5H11NO4/c6-1-3(8)5(10)4(9)2-7/h2-5,8-10H,1,6H2. The van der Waals surface area contributed by atoms with Gasteiger partial charge in [-0.2, -0.15) is 0 Å². The molecule has 0 rings (SSSR count). The molecule has 0 aliphatic carbocycles. The molecule has 0 amide bonds. The first-order valence-electron chi connectivity index (χ1n) is 2.83. The van der Waals surface area contributed by atoms with Crippen LogP contribution < -0.4 is 5.73 Å². The van der Waals surface area contributed by atoms with Crippen LogP contribution in [0.3, 0.4) is 0 Å².